The van der Waals surface area contributed by atoms with Gasteiger partial charge in [-0.25, -0.2) is 8.42 Å². The summed E-state index contributed by atoms with van der Waals surface area (Å²) in [6.45, 7) is 2.72. The van der Waals surface area contributed by atoms with Gasteiger partial charge in [-0.15, -0.1) is 0 Å². The first-order valence-electron chi connectivity index (χ1n) is 7.30. The SMILES string of the molecule is O=S1(=O)c2ccccc2C2=C(N3CCCCC3)CCN21. The van der Waals surface area contributed by atoms with Crippen LogP contribution in [0.25, 0.3) is 5.70 Å². The van der Waals surface area contributed by atoms with Crippen molar-refractivity contribution >= 4 is 15.7 Å². The molecule has 0 atom stereocenters. The topological polar surface area (TPSA) is 40.6 Å². The van der Waals surface area contributed by atoms with E-state index in [2.05, 4.69) is 4.90 Å². The van der Waals surface area contributed by atoms with Crippen LogP contribution in [0.15, 0.2) is 34.9 Å². The third-order valence-corrected chi connectivity index (χ3v) is 6.38. The van der Waals surface area contributed by atoms with E-state index >= 15 is 0 Å². The zero-order chi connectivity index (χ0) is 13.7. The first kappa shape index (κ1) is 12.3. The molecule has 0 bridgehead atoms. The molecule has 0 saturated carbocycles. The Morgan fingerprint density at radius 2 is 1.70 bits per heavy atom. The first-order valence-corrected chi connectivity index (χ1v) is 8.74. The fraction of sp³-hybridized carbons (Fsp3) is 0.467. The molecule has 0 radical (unpaired) electrons. The second-order valence-electron chi connectivity index (χ2n) is 5.67. The lowest BCUT2D eigenvalue weighted by Gasteiger charge is -2.30. The van der Waals surface area contributed by atoms with E-state index in [4.69, 9.17) is 0 Å². The Morgan fingerprint density at radius 1 is 0.950 bits per heavy atom. The van der Waals surface area contributed by atoms with E-state index in [0.717, 1.165) is 30.8 Å². The number of rotatable bonds is 1. The largest absolute Gasteiger partial charge is 0.373 e. The van der Waals surface area contributed by atoms with Crippen molar-refractivity contribution in [3.05, 3.63) is 35.5 Å². The van der Waals surface area contributed by atoms with Gasteiger partial charge in [-0.2, -0.15) is 0 Å². The predicted octanol–water partition coefficient (Wildman–Crippen LogP) is 2.25. The van der Waals surface area contributed by atoms with Gasteiger partial charge in [0, 0.05) is 37.3 Å². The maximum absolute atomic E-state index is 12.6. The Labute approximate surface area is 119 Å². The number of nitrogens with zero attached hydrogens (tertiary/aromatic N) is 2. The van der Waals surface area contributed by atoms with Gasteiger partial charge in [0.25, 0.3) is 10.0 Å². The molecule has 0 N–H and O–H groups in total. The lowest BCUT2D eigenvalue weighted by atomic mass is 10.1. The van der Waals surface area contributed by atoms with Crippen LogP contribution in [0.4, 0.5) is 0 Å². The smallest absolute Gasteiger partial charge is 0.265 e. The van der Waals surface area contributed by atoms with Gasteiger partial charge in [-0.05, 0) is 25.3 Å². The van der Waals surface area contributed by atoms with Crippen molar-refractivity contribution in [1.29, 1.82) is 0 Å². The zero-order valence-corrected chi connectivity index (χ0v) is 12.2. The van der Waals surface area contributed by atoms with Gasteiger partial charge in [0.1, 0.15) is 0 Å². The molecule has 1 fully saturated rings. The van der Waals surface area contributed by atoms with Crippen LogP contribution in [0.3, 0.4) is 0 Å². The highest BCUT2D eigenvalue weighted by Crippen LogP contribution is 2.45. The molecule has 0 aromatic heterocycles. The van der Waals surface area contributed by atoms with Crippen molar-refractivity contribution in [2.45, 2.75) is 30.6 Å². The molecule has 3 heterocycles. The third kappa shape index (κ3) is 1.56. The summed E-state index contributed by atoms with van der Waals surface area (Å²) < 4.78 is 26.7. The Hall–Kier alpha value is -1.49. The van der Waals surface area contributed by atoms with Crippen molar-refractivity contribution in [2.24, 2.45) is 0 Å². The Bertz CT molecular complexity index is 688. The normalized spacial score (nSPS) is 24.0. The van der Waals surface area contributed by atoms with Gasteiger partial charge in [0.05, 0.1) is 10.6 Å². The van der Waals surface area contributed by atoms with E-state index < -0.39 is 10.0 Å². The van der Waals surface area contributed by atoms with Crippen molar-refractivity contribution in [3.63, 3.8) is 0 Å². The molecule has 106 valence electrons. The van der Waals surface area contributed by atoms with Gasteiger partial charge in [0.2, 0.25) is 0 Å². The van der Waals surface area contributed by atoms with Crippen molar-refractivity contribution in [2.75, 3.05) is 19.6 Å². The van der Waals surface area contributed by atoms with Crippen LogP contribution in [0.2, 0.25) is 0 Å². The average molecular weight is 290 g/mol. The Balaban J connectivity index is 1.88. The van der Waals surface area contributed by atoms with Gasteiger partial charge in [-0.3, -0.25) is 4.31 Å². The van der Waals surface area contributed by atoms with E-state index in [1.165, 1.54) is 25.0 Å². The molecule has 1 aromatic carbocycles. The van der Waals surface area contributed by atoms with E-state index in [-0.39, 0.29) is 0 Å². The number of hydrogen-bond acceptors (Lipinski definition) is 3. The summed E-state index contributed by atoms with van der Waals surface area (Å²) in [6.07, 6.45) is 4.57. The van der Waals surface area contributed by atoms with E-state index in [1.807, 2.05) is 12.1 Å². The monoisotopic (exact) mass is 290 g/mol. The summed E-state index contributed by atoms with van der Waals surface area (Å²) in [5.74, 6) is 0. The van der Waals surface area contributed by atoms with Crippen LogP contribution in [-0.2, 0) is 10.0 Å². The van der Waals surface area contributed by atoms with Crippen molar-refractivity contribution in [3.8, 4) is 0 Å². The molecule has 3 aliphatic heterocycles. The number of likely N-dealkylation sites (tertiary alicyclic amines) is 1. The van der Waals surface area contributed by atoms with Crippen LogP contribution >= 0.6 is 0 Å². The fourth-order valence-electron chi connectivity index (χ4n) is 3.59. The number of sulfonamides is 1. The highest BCUT2D eigenvalue weighted by atomic mass is 32.2. The van der Waals surface area contributed by atoms with Crippen LogP contribution < -0.4 is 0 Å². The van der Waals surface area contributed by atoms with Crippen LogP contribution in [0.1, 0.15) is 31.2 Å². The number of piperidine rings is 1. The molecule has 0 amide bonds. The van der Waals surface area contributed by atoms with Crippen LogP contribution in [0, 0.1) is 0 Å². The van der Waals surface area contributed by atoms with Gasteiger partial charge < -0.3 is 4.90 Å². The van der Waals surface area contributed by atoms with Crippen molar-refractivity contribution in [1.82, 2.24) is 9.21 Å². The first-order chi connectivity index (χ1) is 9.69. The second kappa shape index (κ2) is 4.25. The molecular formula is C15H18N2O2S. The maximum Gasteiger partial charge on any atom is 0.265 e. The highest BCUT2D eigenvalue weighted by Gasteiger charge is 2.43. The molecular weight excluding hydrogens is 272 g/mol. The van der Waals surface area contributed by atoms with E-state index in [9.17, 15) is 8.42 Å². The van der Waals surface area contributed by atoms with Gasteiger partial charge >= 0.3 is 0 Å². The minimum absolute atomic E-state index is 0.476. The highest BCUT2D eigenvalue weighted by molar-refractivity contribution is 7.90. The zero-order valence-electron chi connectivity index (χ0n) is 11.4. The summed E-state index contributed by atoms with van der Waals surface area (Å²) >= 11 is 0. The minimum Gasteiger partial charge on any atom is -0.373 e. The lowest BCUT2D eigenvalue weighted by molar-refractivity contribution is 0.282. The van der Waals surface area contributed by atoms with Crippen molar-refractivity contribution < 1.29 is 8.42 Å². The number of benzene rings is 1. The summed E-state index contributed by atoms with van der Waals surface area (Å²) in [5.41, 5.74) is 3.08. The lowest BCUT2D eigenvalue weighted by Crippen LogP contribution is -2.29. The average Bonchev–Trinajstić information content (AvgIpc) is 3.01. The number of fused-ring (bicyclic) bond motifs is 3. The summed E-state index contributed by atoms with van der Waals surface area (Å²) in [4.78, 5) is 2.88. The summed E-state index contributed by atoms with van der Waals surface area (Å²) in [6, 6.07) is 7.40. The third-order valence-electron chi connectivity index (χ3n) is 4.52. The molecule has 0 spiro atoms. The van der Waals surface area contributed by atoms with E-state index in [1.54, 1.807) is 16.4 Å². The minimum atomic E-state index is -3.31. The Kier molecular flexibility index (Phi) is 2.61. The van der Waals surface area contributed by atoms with Crippen LogP contribution in [-0.4, -0.2) is 37.3 Å². The van der Waals surface area contributed by atoms with E-state index in [0.29, 0.717) is 11.4 Å². The Morgan fingerprint density at radius 3 is 2.50 bits per heavy atom. The molecule has 4 nitrogen and oxygen atoms in total. The standard InChI is InChI=1S/C15H18N2O2S/c18-20(19)14-7-3-2-6-12(14)15-13(8-11-17(15)20)16-9-4-1-5-10-16/h2-3,6-7H,1,4-5,8-11H2. The molecule has 3 aliphatic rings. The second-order valence-corrected chi connectivity index (χ2v) is 7.50. The molecule has 0 unspecified atom stereocenters. The van der Waals surface area contributed by atoms with Crippen LogP contribution in [0.5, 0.6) is 0 Å². The van der Waals surface area contributed by atoms with Gasteiger partial charge in [0.15, 0.2) is 0 Å². The molecule has 0 aliphatic carbocycles. The molecule has 1 saturated heterocycles. The van der Waals surface area contributed by atoms with Gasteiger partial charge in [-0.1, -0.05) is 18.2 Å². The fourth-order valence-corrected chi connectivity index (χ4v) is 5.30. The molecule has 1 aromatic rings. The molecule has 4 rings (SSSR count). The summed E-state index contributed by atoms with van der Waals surface area (Å²) in [5, 5.41) is 0. The quantitative estimate of drug-likeness (QED) is 0.796. The predicted molar refractivity (Wildman–Crippen MR) is 77.3 cm³/mol. The molecule has 5 heteroatoms. The molecule has 20 heavy (non-hydrogen) atoms. The summed E-state index contributed by atoms with van der Waals surface area (Å²) in [7, 11) is -3.31. The number of hydrogen-bond donors (Lipinski definition) is 0. The maximum atomic E-state index is 12.6.